The van der Waals surface area contributed by atoms with Crippen LogP contribution in [0.1, 0.15) is 35.8 Å². The first kappa shape index (κ1) is 6.47. The van der Waals surface area contributed by atoms with Crippen LogP contribution in [0.25, 0.3) is 0 Å². The van der Waals surface area contributed by atoms with Gasteiger partial charge in [0.05, 0.1) is 0 Å². The molecule has 0 aliphatic heterocycles. The fourth-order valence-corrected chi connectivity index (χ4v) is 2.59. The van der Waals surface area contributed by atoms with E-state index in [2.05, 4.69) is 36.4 Å². The number of benzene rings is 1. The summed E-state index contributed by atoms with van der Waals surface area (Å²) >= 11 is 0. The van der Waals surface area contributed by atoms with Gasteiger partial charge in [-0.2, -0.15) is 0 Å². The third-order valence-electron chi connectivity index (χ3n) is 3.23. The topological polar surface area (TPSA) is 0 Å². The average Bonchev–Trinajstić information content (AvgIpc) is 2.14. The lowest BCUT2D eigenvalue weighted by molar-refractivity contribution is 0.459. The highest BCUT2D eigenvalue weighted by atomic mass is 14.4. The Labute approximate surface area is 72.9 Å². The third-order valence-corrected chi connectivity index (χ3v) is 3.23. The molecule has 2 atom stereocenters. The molecule has 0 radical (unpaired) electrons. The second-order valence-corrected chi connectivity index (χ2v) is 3.78. The van der Waals surface area contributed by atoms with E-state index in [4.69, 9.17) is 0 Å². The Morgan fingerprint density at radius 2 is 1.33 bits per heavy atom. The maximum Gasteiger partial charge on any atom is -0.00526 e. The zero-order chi connectivity index (χ0) is 7.97. The van der Waals surface area contributed by atoms with Crippen molar-refractivity contribution in [2.75, 3.05) is 0 Å². The van der Waals surface area contributed by atoms with Crippen LogP contribution in [0.15, 0.2) is 36.4 Å². The number of rotatable bonds is 0. The molecule has 0 saturated heterocycles. The molecule has 0 nitrogen and oxygen atoms in total. The SMILES string of the molecule is C1=CCC2c3ccccc3C2C1. The second-order valence-electron chi connectivity index (χ2n) is 3.78. The van der Waals surface area contributed by atoms with Crippen molar-refractivity contribution in [1.29, 1.82) is 0 Å². The highest BCUT2D eigenvalue weighted by Gasteiger charge is 2.36. The molecule has 0 spiro atoms. The molecule has 0 heteroatoms. The molecule has 0 fully saturated rings. The van der Waals surface area contributed by atoms with Crippen molar-refractivity contribution >= 4 is 0 Å². The standard InChI is InChI=1S/C12H12/c1-2-6-10-9(5-1)11-7-3-4-8-12(10)11/h1-6,11-12H,7-8H2. The summed E-state index contributed by atoms with van der Waals surface area (Å²) in [6, 6.07) is 8.89. The van der Waals surface area contributed by atoms with Gasteiger partial charge in [-0.15, -0.1) is 0 Å². The van der Waals surface area contributed by atoms with Crippen LogP contribution in [0.2, 0.25) is 0 Å². The highest BCUT2D eigenvalue weighted by molar-refractivity contribution is 5.46. The van der Waals surface area contributed by atoms with E-state index in [0.29, 0.717) is 0 Å². The van der Waals surface area contributed by atoms with Gasteiger partial charge in [0.1, 0.15) is 0 Å². The summed E-state index contributed by atoms with van der Waals surface area (Å²) < 4.78 is 0. The normalized spacial score (nSPS) is 30.3. The zero-order valence-electron chi connectivity index (χ0n) is 7.03. The first-order valence-electron chi connectivity index (χ1n) is 4.70. The average molecular weight is 156 g/mol. The maximum absolute atomic E-state index is 2.33. The second kappa shape index (κ2) is 2.22. The molecule has 1 aromatic rings. The lowest BCUT2D eigenvalue weighted by Crippen LogP contribution is -2.25. The monoisotopic (exact) mass is 156 g/mol. The van der Waals surface area contributed by atoms with Crippen molar-refractivity contribution in [1.82, 2.24) is 0 Å². The third kappa shape index (κ3) is 0.677. The van der Waals surface area contributed by atoms with Crippen LogP contribution in [0.4, 0.5) is 0 Å². The number of hydrogen-bond acceptors (Lipinski definition) is 0. The summed E-state index contributed by atoms with van der Waals surface area (Å²) in [7, 11) is 0. The van der Waals surface area contributed by atoms with E-state index >= 15 is 0 Å². The number of fused-ring (bicyclic) bond motifs is 4. The van der Waals surface area contributed by atoms with Gasteiger partial charge in [-0.05, 0) is 35.8 Å². The molecular formula is C12H12. The minimum atomic E-state index is 0.853. The van der Waals surface area contributed by atoms with Crippen LogP contribution in [-0.2, 0) is 0 Å². The van der Waals surface area contributed by atoms with E-state index in [1.165, 1.54) is 12.8 Å². The molecule has 0 heterocycles. The molecule has 12 heavy (non-hydrogen) atoms. The van der Waals surface area contributed by atoms with Crippen LogP contribution in [-0.4, -0.2) is 0 Å². The molecule has 2 aliphatic carbocycles. The first-order valence-corrected chi connectivity index (χ1v) is 4.70. The molecule has 0 aromatic heterocycles. The van der Waals surface area contributed by atoms with Crippen molar-refractivity contribution < 1.29 is 0 Å². The van der Waals surface area contributed by atoms with Gasteiger partial charge in [-0.1, -0.05) is 36.4 Å². The van der Waals surface area contributed by atoms with E-state index in [0.717, 1.165) is 11.8 Å². The Morgan fingerprint density at radius 1 is 0.833 bits per heavy atom. The molecule has 0 amide bonds. The lowest BCUT2D eigenvalue weighted by atomic mass is 9.63. The molecular weight excluding hydrogens is 144 g/mol. The van der Waals surface area contributed by atoms with Crippen LogP contribution < -0.4 is 0 Å². The fourth-order valence-electron chi connectivity index (χ4n) is 2.59. The smallest absolute Gasteiger partial charge is 0.00526 e. The summed E-state index contributed by atoms with van der Waals surface area (Å²) in [5.41, 5.74) is 3.21. The Balaban J connectivity index is 2.08. The number of hydrogen-bond donors (Lipinski definition) is 0. The van der Waals surface area contributed by atoms with Crippen molar-refractivity contribution in [2.45, 2.75) is 24.7 Å². The minimum absolute atomic E-state index is 0.853. The Kier molecular flexibility index (Phi) is 1.20. The quantitative estimate of drug-likeness (QED) is 0.506. The fraction of sp³-hybridized carbons (Fsp3) is 0.333. The molecule has 0 N–H and O–H groups in total. The van der Waals surface area contributed by atoms with Crippen LogP contribution in [0.3, 0.4) is 0 Å². The first-order chi connectivity index (χ1) is 5.97. The minimum Gasteiger partial charge on any atom is -0.0879 e. The van der Waals surface area contributed by atoms with Gasteiger partial charge in [0.25, 0.3) is 0 Å². The van der Waals surface area contributed by atoms with Crippen molar-refractivity contribution in [3.05, 3.63) is 47.5 Å². The molecule has 0 bridgehead atoms. The van der Waals surface area contributed by atoms with Gasteiger partial charge in [-0.25, -0.2) is 0 Å². The van der Waals surface area contributed by atoms with E-state index in [9.17, 15) is 0 Å². The van der Waals surface area contributed by atoms with Crippen molar-refractivity contribution in [3.8, 4) is 0 Å². The van der Waals surface area contributed by atoms with Gasteiger partial charge >= 0.3 is 0 Å². The Morgan fingerprint density at radius 3 is 1.83 bits per heavy atom. The molecule has 60 valence electrons. The maximum atomic E-state index is 2.33. The Bertz CT molecular complexity index is 303. The van der Waals surface area contributed by atoms with Gasteiger partial charge in [-0.3, -0.25) is 0 Å². The van der Waals surface area contributed by atoms with Crippen LogP contribution in [0, 0.1) is 0 Å². The predicted octanol–water partition coefficient (Wildman–Crippen LogP) is 3.22. The molecule has 2 unspecified atom stereocenters. The van der Waals surface area contributed by atoms with E-state index < -0.39 is 0 Å². The molecule has 2 aliphatic rings. The zero-order valence-corrected chi connectivity index (χ0v) is 7.03. The van der Waals surface area contributed by atoms with Gasteiger partial charge in [0, 0.05) is 0 Å². The summed E-state index contributed by atoms with van der Waals surface area (Å²) in [5, 5.41) is 0. The molecule has 3 rings (SSSR count). The molecule has 0 saturated carbocycles. The highest BCUT2D eigenvalue weighted by Crippen LogP contribution is 2.52. The summed E-state index contributed by atoms with van der Waals surface area (Å²) in [6.45, 7) is 0. The lowest BCUT2D eigenvalue weighted by Gasteiger charge is -2.41. The van der Waals surface area contributed by atoms with Gasteiger partial charge < -0.3 is 0 Å². The predicted molar refractivity (Wildman–Crippen MR) is 50.3 cm³/mol. The van der Waals surface area contributed by atoms with E-state index in [1.807, 2.05) is 0 Å². The summed E-state index contributed by atoms with van der Waals surface area (Å²) in [5.74, 6) is 1.71. The summed E-state index contributed by atoms with van der Waals surface area (Å²) in [4.78, 5) is 0. The van der Waals surface area contributed by atoms with Crippen LogP contribution in [0.5, 0.6) is 0 Å². The van der Waals surface area contributed by atoms with Gasteiger partial charge in [0.15, 0.2) is 0 Å². The van der Waals surface area contributed by atoms with E-state index in [1.54, 1.807) is 11.1 Å². The summed E-state index contributed by atoms with van der Waals surface area (Å²) in [6.07, 6.45) is 7.19. The largest absolute Gasteiger partial charge is 0.0879 e. The van der Waals surface area contributed by atoms with Crippen molar-refractivity contribution in [3.63, 3.8) is 0 Å². The van der Waals surface area contributed by atoms with E-state index in [-0.39, 0.29) is 0 Å². The Hall–Kier alpha value is -1.04. The van der Waals surface area contributed by atoms with Crippen molar-refractivity contribution in [2.24, 2.45) is 0 Å². The van der Waals surface area contributed by atoms with Crippen LogP contribution >= 0.6 is 0 Å². The van der Waals surface area contributed by atoms with Gasteiger partial charge in [0.2, 0.25) is 0 Å². The number of allylic oxidation sites excluding steroid dienone is 2. The molecule has 1 aromatic carbocycles.